The third-order valence-corrected chi connectivity index (χ3v) is 3.17. The largest absolute Gasteiger partial charge is 0.368 e. The minimum atomic E-state index is -0.579. The van der Waals surface area contributed by atoms with E-state index in [2.05, 4.69) is 0 Å². The van der Waals surface area contributed by atoms with Gasteiger partial charge in [-0.25, -0.2) is 0 Å². The molecule has 90 valence electrons. The number of nitrogens with zero attached hydrogens (tertiary/aromatic N) is 1. The van der Waals surface area contributed by atoms with Gasteiger partial charge in [0.15, 0.2) is 0 Å². The number of fused-ring (bicyclic) bond motifs is 1. The summed E-state index contributed by atoms with van der Waals surface area (Å²) in [5, 5.41) is 0.588. The zero-order valence-corrected chi connectivity index (χ0v) is 10.2. The second-order valence-electron chi connectivity index (χ2n) is 4.04. The molecule has 5 heteroatoms. The van der Waals surface area contributed by atoms with Crippen molar-refractivity contribution in [1.82, 2.24) is 0 Å². The first-order chi connectivity index (χ1) is 8.04. The van der Waals surface area contributed by atoms with Crippen LogP contribution in [0.1, 0.15) is 18.9 Å². The minimum absolute atomic E-state index is 0.104. The van der Waals surface area contributed by atoms with Crippen LogP contribution in [-0.2, 0) is 16.0 Å². The Morgan fingerprint density at radius 2 is 2.29 bits per heavy atom. The maximum absolute atomic E-state index is 11.9. The number of carbonyl (C=O) groups is 2. The highest BCUT2D eigenvalue weighted by atomic mass is 35.5. The number of carbonyl (C=O) groups excluding carboxylic acids is 2. The van der Waals surface area contributed by atoms with Crippen molar-refractivity contribution in [3.05, 3.63) is 28.8 Å². The number of hydrogen-bond acceptors (Lipinski definition) is 2. The summed E-state index contributed by atoms with van der Waals surface area (Å²) in [6.45, 7) is 1.83. The van der Waals surface area contributed by atoms with E-state index in [0.29, 0.717) is 11.4 Å². The third kappa shape index (κ3) is 2.00. The van der Waals surface area contributed by atoms with Crippen LogP contribution in [0.3, 0.4) is 0 Å². The summed E-state index contributed by atoms with van der Waals surface area (Å²) in [7, 11) is 0. The quantitative estimate of drug-likeness (QED) is 0.886. The van der Waals surface area contributed by atoms with Crippen LogP contribution in [0.4, 0.5) is 5.69 Å². The van der Waals surface area contributed by atoms with Crippen LogP contribution < -0.4 is 10.6 Å². The Morgan fingerprint density at radius 1 is 1.59 bits per heavy atom. The Morgan fingerprint density at radius 3 is 2.88 bits per heavy atom. The fourth-order valence-corrected chi connectivity index (χ4v) is 2.36. The average molecular weight is 253 g/mol. The Bertz CT molecular complexity index is 487. The molecule has 1 atom stereocenters. The summed E-state index contributed by atoms with van der Waals surface area (Å²) in [6, 6.07) is 4.64. The molecule has 2 N–H and O–H groups in total. The number of primary amides is 1. The molecule has 17 heavy (non-hydrogen) atoms. The van der Waals surface area contributed by atoms with Gasteiger partial charge in [0.2, 0.25) is 11.8 Å². The number of halogens is 1. The van der Waals surface area contributed by atoms with Gasteiger partial charge < -0.3 is 5.73 Å². The van der Waals surface area contributed by atoms with Crippen LogP contribution >= 0.6 is 11.6 Å². The van der Waals surface area contributed by atoms with E-state index in [9.17, 15) is 9.59 Å². The predicted molar refractivity (Wildman–Crippen MR) is 65.9 cm³/mol. The van der Waals surface area contributed by atoms with Gasteiger partial charge in [-0.15, -0.1) is 0 Å². The van der Waals surface area contributed by atoms with E-state index in [1.165, 1.54) is 4.90 Å². The molecular weight excluding hydrogens is 240 g/mol. The van der Waals surface area contributed by atoms with Gasteiger partial charge in [-0.1, -0.05) is 18.5 Å². The van der Waals surface area contributed by atoms with Crippen LogP contribution in [0.2, 0.25) is 5.02 Å². The van der Waals surface area contributed by atoms with Crippen LogP contribution in [0, 0.1) is 0 Å². The van der Waals surface area contributed by atoms with Gasteiger partial charge in [-0.3, -0.25) is 14.5 Å². The summed E-state index contributed by atoms with van der Waals surface area (Å²) in [6.07, 6.45) is 0.781. The summed E-state index contributed by atoms with van der Waals surface area (Å²) < 4.78 is 0. The van der Waals surface area contributed by atoms with E-state index >= 15 is 0 Å². The monoisotopic (exact) mass is 252 g/mol. The summed E-state index contributed by atoms with van der Waals surface area (Å²) in [5.41, 5.74) is 6.91. The molecule has 0 saturated carbocycles. The second-order valence-corrected chi connectivity index (χ2v) is 4.48. The van der Waals surface area contributed by atoms with Crippen LogP contribution in [0.5, 0.6) is 0 Å². The Balaban J connectivity index is 2.44. The normalized spacial score (nSPS) is 15.9. The average Bonchev–Trinajstić information content (AvgIpc) is 2.55. The number of anilines is 1. The van der Waals surface area contributed by atoms with Crippen molar-refractivity contribution in [3.63, 3.8) is 0 Å². The maximum Gasteiger partial charge on any atom is 0.240 e. The van der Waals surface area contributed by atoms with Gasteiger partial charge in [-0.05, 0) is 30.2 Å². The zero-order valence-electron chi connectivity index (χ0n) is 9.44. The third-order valence-electron chi connectivity index (χ3n) is 2.94. The lowest BCUT2D eigenvalue weighted by molar-refractivity contribution is -0.124. The van der Waals surface area contributed by atoms with Crippen molar-refractivity contribution >= 4 is 29.1 Å². The van der Waals surface area contributed by atoms with E-state index in [0.717, 1.165) is 11.3 Å². The predicted octanol–water partition coefficient (Wildman–Crippen LogP) is 1.49. The molecule has 1 unspecified atom stereocenters. The molecule has 1 heterocycles. The second kappa shape index (κ2) is 4.37. The van der Waals surface area contributed by atoms with Crippen molar-refractivity contribution in [3.8, 4) is 0 Å². The zero-order chi connectivity index (χ0) is 12.6. The highest BCUT2D eigenvalue weighted by Gasteiger charge is 2.34. The van der Waals surface area contributed by atoms with E-state index in [1.807, 2.05) is 6.92 Å². The number of hydrogen-bond donors (Lipinski definition) is 1. The molecule has 0 fully saturated rings. The first kappa shape index (κ1) is 11.9. The van der Waals surface area contributed by atoms with E-state index in [-0.39, 0.29) is 12.3 Å². The summed E-state index contributed by atoms with van der Waals surface area (Å²) >= 11 is 5.87. The van der Waals surface area contributed by atoms with Crippen LogP contribution in [-0.4, -0.2) is 17.9 Å². The SMILES string of the molecule is CCC(C(N)=O)N1C(=O)Cc2cc(Cl)ccc21. The summed E-state index contributed by atoms with van der Waals surface area (Å²) in [5.74, 6) is -0.587. The number of amides is 2. The van der Waals surface area contributed by atoms with Gasteiger partial charge in [0.25, 0.3) is 0 Å². The van der Waals surface area contributed by atoms with Crippen molar-refractivity contribution in [1.29, 1.82) is 0 Å². The molecule has 4 nitrogen and oxygen atoms in total. The Hall–Kier alpha value is -1.55. The molecule has 0 aliphatic carbocycles. The molecule has 1 aromatic carbocycles. The molecule has 2 amide bonds. The standard InChI is InChI=1S/C12H13ClN2O2/c1-2-9(12(14)17)15-10-4-3-8(13)5-7(10)6-11(15)16/h3-5,9H,2,6H2,1H3,(H2,14,17). The lowest BCUT2D eigenvalue weighted by Crippen LogP contribution is -2.46. The summed E-state index contributed by atoms with van der Waals surface area (Å²) in [4.78, 5) is 24.7. The molecule has 0 bridgehead atoms. The molecule has 1 aliphatic rings. The fraction of sp³-hybridized carbons (Fsp3) is 0.333. The van der Waals surface area contributed by atoms with Gasteiger partial charge in [0.05, 0.1) is 6.42 Å². The lowest BCUT2D eigenvalue weighted by atomic mass is 10.1. The fourth-order valence-electron chi connectivity index (χ4n) is 2.17. The van der Waals surface area contributed by atoms with Crippen molar-refractivity contribution in [2.45, 2.75) is 25.8 Å². The van der Waals surface area contributed by atoms with Gasteiger partial charge in [-0.2, -0.15) is 0 Å². The molecule has 0 radical (unpaired) electrons. The maximum atomic E-state index is 11.9. The topological polar surface area (TPSA) is 63.4 Å². The van der Waals surface area contributed by atoms with Crippen LogP contribution in [0.25, 0.3) is 0 Å². The molecule has 0 aromatic heterocycles. The number of benzene rings is 1. The number of rotatable bonds is 3. The van der Waals surface area contributed by atoms with Crippen molar-refractivity contribution in [2.75, 3.05) is 4.90 Å². The van der Waals surface area contributed by atoms with E-state index in [1.54, 1.807) is 18.2 Å². The van der Waals surface area contributed by atoms with Gasteiger partial charge in [0.1, 0.15) is 6.04 Å². The lowest BCUT2D eigenvalue weighted by Gasteiger charge is -2.25. The highest BCUT2D eigenvalue weighted by molar-refractivity contribution is 6.31. The first-order valence-electron chi connectivity index (χ1n) is 5.44. The molecular formula is C12H13ClN2O2. The molecule has 1 aromatic rings. The molecule has 2 rings (SSSR count). The first-order valence-corrected chi connectivity index (χ1v) is 5.82. The molecule has 0 saturated heterocycles. The minimum Gasteiger partial charge on any atom is -0.368 e. The van der Waals surface area contributed by atoms with E-state index < -0.39 is 11.9 Å². The van der Waals surface area contributed by atoms with Crippen LogP contribution in [0.15, 0.2) is 18.2 Å². The van der Waals surface area contributed by atoms with E-state index in [4.69, 9.17) is 17.3 Å². The molecule has 0 spiro atoms. The Kier molecular flexibility index (Phi) is 3.07. The Labute approximate surface area is 104 Å². The van der Waals surface area contributed by atoms with Crippen molar-refractivity contribution in [2.24, 2.45) is 5.73 Å². The van der Waals surface area contributed by atoms with Crippen molar-refractivity contribution < 1.29 is 9.59 Å². The number of nitrogens with two attached hydrogens (primary N) is 1. The van der Waals surface area contributed by atoms with Gasteiger partial charge in [0, 0.05) is 10.7 Å². The van der Waals surface area contributed by atoms with Gasteiger partial charge >= 0.3 is 0 Å². The smallest absolute Gasteiger partial charge is 0.240 e. The highest BCUT2D eigenvalue weighted by Crippen LogP contribution is 2.33. The molecule has 1 aliphatic heterocycles.